The number of non-ortho nitro benzene ring substituents is 1. The van der Waals surface area contributed by atoms with Gasteiger partial charge in [-0.15, -0.1) is 0 Å². The van der Waals surface area contributed by atoms with Gasteiger partial charge in [0.2, 0.25) is 0 Å². The van der Waals surface area contributed by atoms with Crippen LogP contribution in [0.5, 0.6) is 11.5 Å². The van der Waals surface area contributed by atoms with E-state index in [9.17, 15) is 14.9 Å². The highest BCUT2D eigenvalue weighted by molar-refractivity contribution is 5.69. The van der Waals surface area contributed by atoms with Crippen molar-refractivity contribution in [2.24, 2.45) is 0 Å². The number of nitrogens with zero attached hydrogens (tertiary/aromatic N) is 1. The Morgan fingerprint density at radius 1 is 1.37 bits per heavy atom. The number of hydrogen-bond donors (Lipinski definition) is 0. The van der Waals surface area contributed by atoms with Crippen LogP contribution in [0.1, 0.15) is 13.3 Å². The van der Waals surface area contributed by atoms with E-state index in [1.165, 1.54) is 25.3 Å². The molecule has 0 amide bonds. The topological polar surface area (TPSA) is 87.9 Å². The van der Waals surface area contributed by atoms with Crippen molar-refractivity contribution in [1.29, 1.82) is 0 Å². The Bertz CT molecular complexity index is 460. The van der Waals surface area contributed by atoms with Gasteiger partial charge in [0, 0.05) is 6.07 Å². The second kappa shape index (κ2) is 7.20. The minimum atomic E-state index is -0.523. The molecular formula is C12H15NO6. The van der Waals surface area contributed by atoms with Crippen LogP contribution in [-0.4, -0.2) is 31.2 Å². The number of nitro benzene ring substituents is 1. The molecule has 0 saturated heterocycles. The van der Waals surface area contributed by atoms with Crippen LogP contribution in [0.25, 0.3) is 0 Å². The van der Waals surface area contributed by atoms with Gasteiger partial charge in [-0.25, -0.2) is 0 Å². The Kier molecular flexibility index (Phi) is 5.59. The molecule has 1 aromatic carbocycles. The maximum absolute atomic E-state index is 11.1. The molecule has 104 valence electrons. The molecule has 0 aliphatic rings. The first-order valence-electron chi connectivity index (χ1n) is 5.69. The molecule has 0 unspecified atom stereocenters. The Morgan fingerprint density at radius 3 is 2.68 bits per heavy atom. The van der Waals surface area contributed by atoms with Crippen molar-refractivity contribution in [3.63, 3.8) is 0 Å². The molecule has 0 fully saturated rings. The van der Waals surface area contributed by atoms with Gasteiger partial charge in [0.15, 0.2) is 11.5 Å². The van der Waals surface area contributed by atoms with Crippen molar-refractivity contribution in [2.75, 3.05) is 20.3 Å². The van der Waals surface area contributed by atoms with Crippen LogP contribution in [0, 0.1) is 10.1 Å². The molecular weight excluding hydrogens is 254 g/mol. The molecule has 0 aliphatic carbocycles. The van der Waals surface area contributed by atoms with E-state index in [1.807, 2.05) is 0 Å². The van der Waals surface area contributed by atoms with Crippen LogP contribution in [0.4, 0.5) is 5.69 Å². The monoisotopic (exact) mass is 269 g/mol. The number of carbonyl (C=O) groups excluding carboxylic acids is 1. The predicted molar refractivity (Wildman–Crippen MR) is 66.4 cm³/mol. The Labute approximate surface area is 110 Å². The highest BCUT2D eigenvalue weighted by Gasteiger charge is 2.12. The quantitative estimate of drug-likeness (QED) is 0.427. The molecule has 0 bridgehead atoms. The summed E-state index contributed by atoms with van der Waals surface area (Å²) in [7, 11) is 1.39. The summed E-state index contributed by atoms with van der Waals surface area (Å²) in [6.45, 7) is 2.16. The standard InChI is InChI=1S/C12H15NO6/c1-3-18-12(14)6-7-19-10-5-4-9(13(15)16)8-11(10)17-2/h4-5,8H,3,6-7H2,1-2H3. The Balaban J connectivity index is 2.63. The lowest BCUT2D eigenvalue weighted by Crippen LogP contribution is -2.10. The molecule has 1 rings (SSSR count). The van der Waals surface area contributed by atoms with E-state index in [0.717, 1.165) is 0 Å². The lowest BCUT2D eigenvalue weighted by Gasteiger charge is -2.09. The van der Waals surface area contributed by atoms with Crippen LogP contribution in [0.15, 0.2) is 18.2 Å². The summed E-state index contributed by atoms with van der Waals surface area (Å²) >= 11 is 0. The number of ether oxygens (including phenoxy) is 3. The third-order valence-electron chi connectivity index (χ3n) is 2.23. The third kappa shape index (κ3) is 4.46. The molecule has 0 aliphatic heterocycles. The van der Waals surface area contributed by atoms with E-state index in [4.69, 9.17) is 14.2 Å². The minimum absolute atomic E-state index is 0.0883. The summed E-state index contributed by atoms with van der Waals surface area (Å²) < 4.78 is 15.1. The molecule has 0 saturated carbocycles. The van der Waals surface area contributed by atoms with Crippen molar-refractivity contribution in [2.45, 2.75) is 13.3 Å². The summed E-state index contributed by atoms with van der Waals surface area (Å²) in [5.41, 5.74) is -0.0883. The fraction of sp³-hybridized carbons (Fsp3) is 0.417. The zero-order valence-electron chi connectivity index (χ0n) is 10.8. The van der Waals surface area contributed by atoms with Gasteiger partial charge in [-0.05, 0) is 13.0 Å². The molecule has 7 nitrogen and oxygen atoms in total. The fourth-order valence-corrected chi connectivity index (χ4v) is 1.37. The molecule has 0 atom stereocenters. The molecule has 0 aromatic heterocycles. The average Bonchev–Trinajstić information content (AvgIpc) is 2.39. The minimum Gasteiger partial charge on any atom is -0.493 e. The molecule has 0 heterocycles. The Hall–Kier alpha value is -2.31. The summed E-state index contributed by atoms with van der Waals surface area (Å²) in [5.74, 6) is 0.235. The van der Waals surface area contributed by atoms with E-state index in [-0.39, 0.29) is 30.4 Å². The number of rotatable bonds is 7. The van der Waals surface area contributed by atoms with Crippen LogP contribution in [-0.2, 0) is 9.53 Å². The van der Waals surface area contributed by atoms with E-state index in [0.29, 0.717) is 12.4 Å². The molecule has 0 spiro atoms. The molecule has 7 heteroatoms. The van der Waals surface area contributed by atoms with Gasteiger partial charge in [-0.1, -0.05) is 0 Å². The van der Waals surface area contributed by atoms with Gasteiger partial charge >= 0.3 is 5.97 Å². The van der Waals surface area contributed by atoms with Gasteiger partial charge in [0.25, 0.3) is 5.69 Å². The number of hydrogen-bond acceptors (Lipinski definition) is 6. The Morgan fingerprint density at radius 2 is 2.11 bits per heavy atom. The van der Waals surface area contributed by atoms with Gasteiger partial charge in [0.1, 0.15) is 0 Å². The van der Waals surface area contributed by atoms with E-state index in [1.54, 1.807) is 6.92 Å². The van der Waals surface area contributed by atoms with Crippen LogP contribution < -0.4 is 9.47 Å². The predicted octanol–water partition coefficient (Wildman–Crippen LogP) is 1.94. The summed E-state index contributed by atoms with van der Waals surface area (Å²) in [5, 5.41) is 10.6. The van der Waals surface area contributed by atoms with Crippen molar-refractivity contribution in [3.8, 4) is 11.5 Å². The molecule has 1 aromatic rings. The first-order valence-corrected chi connectivity index (χ1v) is 5.69. The van der Waals surface area contributed by atoms with Gasteiger partial charge in [0.05, 0.1) is 37.7 Å². The van der Waals surface area contributed by atoms with Gasteiger partial charge < -0.3 is 14.2 Å². The average molecular weight is 269 g/mol. The van der Waals surface area contributed by atoms with Gasteiger partial charge in [-0.3, -0.25) is 14.9 Å². The summed E-state index contributed by atoms with van der Waals surface area (Å²) in [6, 6.07) is 4.00. The van der Waals surface area contributed by atoms with Crippen LogP contribution in [0.2, 0.25) is 0 Å². The zero-order valence-corrected chi connectivity index (χ0v) is 10.8. The first kappa shape index (κ1) is 14.7. The highest BCUT2D eigenvalue weighted by atomic mass is 16.6. The van der Waals surface area contributed by atoms with Crippen molar-refractivity contribution >= 4 is 11.7 Å². The number of benzene rings is 1. The number of nitro groups is 1. The SMILES string of the molecule is CCOC(=O)CCOc1ccc([N+](=O)[O-])cc1OC. The van der Waals surface area contributed by atoms with Crippen molar-refractivity contribution in [1.82, 2.24) is 0 Å². The normalized spacial score (nSPS) is 9.79. The van der Waals surface area contributed by atoms with E-state index in [2.05, 4.69) is 0 Å². The fourth-order valence-electron chi connectivity index (χ4n) is 1.37. The molecule has 0 N–H and O–H groups in total. The van der Waals surface area contributed by atoms with Crippen LogP contribution >= 0.6 is 0 Å². The number of carbonyl (C=O) groups is 1. The second-order valence-electron chi connectivity index (χ2n) is 3.50. The smallest absolute Gasteiger partial charge is 0.309 e. The van der Waals surface area contributed by atoms with Gasteiger partial charge in [-0.2, -0.15) is 0 Å². The van der Waals surface area contributed by atoms with Crippen molar-refractivity contribution in [3.05, 3.63) is 28.3 Å². The van der Waals surface area contributed by atoms with Crippen LogP contribution in [0.3, 0.4) is 0 Å². The largest absolute Gasteiger partial charge is 0.493 e. The van der Waals surface area contributed by atoms with Crippen molar-refractivity contribution < 1.29 is 23.9 Å². The van der Waals surface area contributed by atoms with E-state index < -0.39 is 4.92 Å². The maximum Gasteiger partial charge on any atom is 0.309 e. The lowest BCUT2D eigenvalue weighted by atomic mass is 10.3. The summed E-state index contributed by atoms with van der Waals surface area (Å²) in [4.78, 5) is 21.2. The third-order valence-corrected chi connectivity index (χ3v) is 2.23. The summed E-state index contributed by atoms with van der Waals surface area (Å²) in [6.07, 6.45) is 0.105. The number of methoxy groups -OCH3 is 1. The molecule has 19 heavy (non-hydrogen) atoms. The number of esters is 1. The second-order valence-corrected chi connectivity index (χ2v) is 3.50. The molecule has 0 radical (unpaired) electrons. The first-order chi connectivity index (χ1) is 9.08. The highest BCUT2D eigenvalue weighted by Crippen LogP contribution is 2.31. The lowest BCUT2D eigenvalue weighted by molar-refractivity contribution is -0.385. The maximum atomic E-state index is 11.1. The van der Waals surface area contributed by atoms with E-state index >= 15 is 0 Å². The zero-order chi connectivity index (χ0) is 14.3.